The highest BCUT2D eigenvalue weighted by molar-refractivity contribution is 8.02. The third kappa shape index (κ3) is 4.33. The second-order valence-corrected chi connectivity index (χ2v) is 8.13. The van der Waals surface area contributed by atoms with Crippen molar-refractivity contribution in [1.82, 2.24) is 10.2 Å². The van der Waals surface area contributed by atoms with Gasteiger partial charge in [-0.05, 0) is 0 Å². The maximum absolute atomic E-state index is 12.7. The zero-order valence-corrected chi connectivity index (χ0v) is 17.3. The van der Waals surface area contributed by atoms with Crippen LogP contribution in [0.3, 0.4) is 0 Å². The summed E-state index contributed by atoms with van der Waals surface area (Å²) in [5.74, 6) is -1.51. The number of hydrogen-bond acceptors (Lipinski definition) is 10. The maximum atomic E-state index is 12.7. The first kappa shape index (κ1) is 21.8. The van der Waals surface area contributed by atoms with Crippen LogP contribution < -0.4 is 11.1 Å². The lowest BCUT2D eigenvalue weighted by molar-refractivity contribution is -0.150. The largest absolute Gasteiger partial charge is 0.490 e. The average molecular weight is 458 g/mol. The van der Waals surface area contributed by atoms with Gasteiger partial charge in [0.2, 0.25) is 5.71 Å². The van der Waals surface area contributed by atoms with Crippen molar-refractivity contribution in [3.05, 3.63) is 22.4 Å². The Morgan fingerprint density at radius 1 is 1.47 bits per heavy atom. The van der Waals surface area contributed by atoms with Crippen molar-refractivity contribution in [2.24, 2.45) is 10.9 Å². The zero-order valence-electron chi connectivity index (χ0n) is 15.7. The molecule has 3 aliphatic rings. The first-order chi connectivity index (χ1) is 14.3. The van der Waals surface area contributed by atoms with Crippen molar-refractivity contribution in [1.29, 1.82) is 0 Å². The Morgan fingerprint density at radius 2 is 2.23 bits per heavy atom. The van der Waals surface area contributed by atoms with Gasteiger partial charge in [0.15, 0.2) is 5.76 Å². The number of nitrogens with two attached hydrogens (primary N) is 1. The monoisotopic (exact) mass is 458 g/mol. The van der Waals surface area contributed by atoms with Gasteiger partial charge in [0.1, 0.15) is 30.8 Å². The fraction of sp³-hybridized carbons (Fsp3) is 0.438. The summed E-state index contributed by atoms with van der Waals surface area (Å²) < 4.78 is 10.1. The first-order valence-electron chi connectivity index (χ1n) is 8.54. The number of oxime groups is 1. The molecule has 2 atom stereocenters. The summed E-state index contributed by atoms with van der Waals surface area (Å²) in [6.45, 7) is 0.0509. The Hall–Kier alpha value is -2.87. The molecule has 0 spiro atoms. The molecule has 3 heterocycles. The number of primary amides is 1. The minimum Gasteiger partial charge on any atom is -0.490 e. The van der Waals surface area contributed by atoms with Gasteiger partial charge >= 0.3 is 12.1 Å². The summed E-state index contributed by atoms with van der Waals surface area (Å²) in [6.07, 6.45) is -1.05. The van der Waals surface area contributed by atoms with E-state index in [0.717, 1.165) is 10.7 Å². The highest BCUT2D eigenvalue weighted by Crippen LogP contribution is 2.40. The van der Waals surface area contributed by atoms with Gasteiger partial charge in [-0.3, -0.25) is 14.5 Å². The molecule has 12 nitrogen and oxygen atoms in total. The van der Waals surface area contributed by atoms with Gasteiger partial charge in [0.25, 0.3) is 11.8 Å². The van der Waals surface area contributed by atoms with E-state index in [1.54, 1.807) is 5.41 Å². The molecule has 0 aromatic carbocycles. The van der Waals surface area contributed by atoms with E-state index in [-0.39, 0.29) is 35.1 Å². The molecule has 14 heteroatoms. The number of β-lactam (4-membered cyclic amide) rings is 1. The summed E-state index contributed by atoms with van der Waals surface area (Å²) >= 11 is 2.67. The summed E-state index contributed by atoms with van der Waals surface area (Å²) in [5.41, 5.74) is 4.75. The highest BCUT2D eigenvalue weighted by atomic mass is 32.2. The number of nitrogens with one attached hydrogen (secondary N) is 1. The lowest BCUT2D eigenvalue weighted by atomic mass is 10.0. The van der Waals surface area contributed by atoms with Crippen LogP contribution in [-0.4, -0.2) is 82.8 Å². The molecular weight excluding hydrogens is 440 g/mol. The van der Waals surface area contributed by atoms with Gasteiger partial charge < -0.3 is 30.5 Å². The van der Waals surface area contributed by atoms with Gasteiger partial charge in [0.05, 0.1) is 6.61 Å². The van der Waals surface area contributed by atoms with Crippen LogP contribution in [0.1, 0.15) is 0 Å². The number of hydrogen-bond donors (Lipinski definition) is 3. The van der Waals surface area contributed by atoms with Gasteiger partial charge in [-0.25, -0.2) is 9.59 Å². The van der Waals surface area contributed by atoms with Crippen LogP contribution in [0.4, 0.5) is 4.79 Å². The molecule has 1 fully saturated rings. The molecule has 1 saturated heterocycles. The average Bonchev–Trinajstić information content (AvgIpc) is 2.73. The molecule has 30 heavy (non-hydrogen) atoms. The quantitative estimate of drug-likeness (QED) is 0.255. The van der Waals surface area contributed by atoms with E-state index in [1.165, 1.54) is 30.6 Å². The molecule has 3 amide bonds. The molecule has 3 aliphatic heterocycles. The Kier molecular flexibility index (Phi) is 6.77. The molecule has 1 unspecified atom stereocenters. The lowest BCUT2D eigenvalue weighted by Gasteiger charge is -2.49. The normalized spacial score (nSPS) is 23.5. The van der Waals surface area contributed by atoms with Crippen molar-refractivity contribution in [2.75, 3.05) is 31.8 Å². The molecule has 0 bridgehead atoms. The third-order valence-corrected chi connectivity index (χ3v) is 6.33. The number of thioether (sulfide) groups is 2. The van der Waals surface area contributed by atoms with Gasteiger partial charge in [-0.2, -0.15) is 0 Å². The summed E-state index contributed by atoms with van der Waals surface area (Å²) in [6, 6.07) is -0.964. The topological polar surface area (TPSA) is 170 Å². The fourth-order valence-electron chi connectivity index (χ4n) is 2.94. The number of nitrogens with zero attached hydrogens (tertiary/aromatic N) is 2. The second-order valence-electron chi connectivity index (χ2n) is 6.05. The van der Waals surface area contributed by atoms with Crippen LogP contribution in [0, 0.1) is 0 Å². The van der Waals surface area contributed by atoms with Gasteiger partial charge in [0, 0.05) is 22.5 Å². The van der Waals surface area contributed by atoms with Crippen LogP contribution in [-0.2, 0) is 28.7 Å². The standard InChI is InChI=1S/C16H18N4O8S2/c1-26-19-9(8-6-29-3-2-27-8)12(21)18-10-13(22)20-11(15(23)24)7(4-28-16(17)25)5-30-14(10)20/h6,10,14H,2-5H2,1H3,(H2,17,25)(H,18,21)(H,23,24)/t10?,14-/m1/s1. The molecular formula is C16H18N4O8S2. The fourth-order valence-corrected chi connectivity index (χ4v) is 4.90. The van der Waals surface area contributed by atoms with Crippen LogP contribution in [0.5, 0.6) is 0 Å². The molecule has 0 saturated carbocycles. The predicted octanol–water partition coefficient (Wildman–Crippen LogP) is -0.572. The summed E-state index contributed by atoms with van der Waals surface area (Å²) in [4.78, 5) is 53.6. The molecule has 0 radical (unpaired) electrons. The lowest BCUT2D eigenvalue weighted by Crippen LogP contribution is -2.71. The van der Waals surface area contributed by atoms with Crippen LogP contribution in [0.2, 0.25) is 0 Å². The number of aliphatic carboxylic acids is 1. The number of carbonyl (C=O) groups excluding carboxylic acids is 3. The van der Waals surface area contributed by atoms with Crippen molar-refractivity contribution in [2.45, 2.75) is 11.4 Å². The number of carboxylic acid groups (broad SMARTS) is 1. The highest BCUT2D eigenvalue weighted by Gasteiger charge is 2.54. The first-order valence-corrected chi connectivity index (χ1v) is 10.6. The molecule has 0 aromatic rings. The third-order valence-electron chi connectivity index (χ3n) is 4.21. The van der Waals surface area contributed by atoms with Crippen molar-refractivity contribution >= 4 is 53.1 Å². The number of fused-ring (bicyclic) bond motifs is 1. The van der Waals surface area contributed by atoms with E-state index in [0.29, 0.717) is 6.61 Å². The van der Waals surface area contributed by atoms with E-state index >= 15 is 0 Å². The Balaban J connectivity index is 1.75. The number of carbonyl (C=O) groups is 4. The van der Waals surface area contributed by atoms with E-state index in [4.69, 9.17) is 15.3 Å². The molecule has 3 rings (SSSR count). The Bertz CT molecular complexity index is 871. The summed E-state index contributed by atoms with van der Waals surface area (Å²) in [7, 11) is 1.27. The number of amides is 3. The summed E-state index contributed by atoms with van der Waals surface area (Å²) in [5, 5.41) is 16.8. The van der Waals surface area contributed by atoms with E-state index in [2.05, 4.69) is 15.2 Å². The maximum Gasteiger partial charge on any atom is 0.404 e. The van der Waals surface area contributed by atoms with E-state index < -0.39 is 35.3 Å². The van der Waals surface area contributed by atoms with E-state index in [9.17, 15) is 24.3 Å². The molecule has 0 aromatic heterocycles. The second kappa shape index (κ2) is 9.30. The Labute approximate surface area is 178 Å². The number of ether oxygens (including phenoxy) is 2. The molecule has 4 N–H and O–H groups in total. The van der Waals surface area contributed by atoms with Gasteiger partial charge in [-0.1, -0.05) is 5.16 Å². The smallest absolute Gasteiger partial charge is 0.404 e. The van der Waals surface area contributed by atoms with Crippen molar-refractivity contribution < 1.29 is 38.6 Å². The van der Waals surface area contributed by atoms with Gasteiger partial charge in [-0.15, -0.1) is 23.5 Å². The minimum absolute atomic E-state index is 0.124. The number of rotatable bonds is 7. The van der Waals surface area contributed by atoms with Crippen LogP contribution >= 0.6 is 23.5 Å². The predicted molar refractivity (Wildman–Crippen MR) is 106 cm³/mol. The molecule has 162 valence electrons. The SMILES string of the molecule is CON=C(C(=O)NC1C(=O)N2C(C(=O)O)=C(COC(N)=O)CS[C@H]12)C1=CSCCO1. The van der Waals surface area contributed by atoms with E-state index in [1.807, 2.05) is 0 Å². The molecule has 0 aliphatic carbocycles. The van der Waals surface area contributed by atoms with Crippen LogP contribution in [0.25, 0.3) is 0 Å². The number of carboxylic acids is 1. The van der Waals surface area contributed by atoms with Crippen molar-refractivity contribution in [3.8, 4) is 0 Å². The van der Waals surface area contributed by atoms with Crippen LogP contribution in [0.15, 0.2) is 27.6 Å². The Morgan fingerprint density at radius 3 is 2.83 bits per heavy atom. The minimum atomic E-state index is -1.35. The zero-order chi connectivity index (χ0) is 21.8. The van der Waals surface area contributed by atoms with Crippen molar-refractivity contribution in [3.63, 3.8) is 0 Å².